The SMILES string of the molecule is CCCN(C1CC1)S(=O)(=O)c1cc(CNC(C)C)cs1. The Morgan fingerprint density at radius 3 is 2.70 bits per heavy atom. The van der Waals surface area contributed by atoms with E-state index in [1.54, 1.807) is 4.31 Å². The van der Waals surface area contributed by atoms with Crippen LogP contribution in [0.3, 0.4) is 0 Å². The molecule has 1 N–H and O–H groups in total. The number of rotatable bonds is 8. The summed E-state index contributed by atoms with van der Waals surface area (Å²) in [5.74, 6) is 0. The molecular weight excluding hydrogens is 292 g/mol. The summed E-state index contributed by atoms with van der Waals surface area (Å²) in [4.78, 5) is 0. The molecule has 1 aromatic heterocycles. The average Bonchev–Trinajstić information content (AvgIpc) is 3.09. The number of nitrogens with zero attached hydrogens (tertiary/aromatic N) is 1. The van der Waals surface area contributed by atoms with E-state index < -0.39 is 10.0 Å². The predicted molar refractivity (Wildman–Crippen MR) is 83.5 cm³/mol. The van der Waals surface area contributed by atoms with Crippen molar-refractivity contribution in [3.05, 3.63) is 17.0 Å². The van der Waals surface area contributed by atoms with Crippen LogP contribution in [0.5, 0.6) is 0 Å². The molecule has 2 rings (SSSR count). The van der Waals surface area contributed by atoms with Crippen LogP contribution >= 0.6 is 11.3 Å². The monoisotopic (exact) mass is 316 g/mol. The van der Waals surface area contributed by atoms with Crippen LogP contribution in [0.2, 0.25) is 0 Å². The Kier molecular flexibility index (Phi) is 5.23. The predicted octanol–water partition coefficient (Wildman–Crippen LogP) is 2.81. The topological polar surface area (TPSA) is 49.4 Å². The first-order valence-electron chi connectivity index (χ1n) is 7.27. The van der Waals surface area contributed by atoms with Gasteiger partial charge in [-0.15, -0.1) is 11.3 Å². The van der Waals surface area contributed by atoms with E-state index in [-0.39, 0.29) is 6.04 Å². The van der Waals surface area contributed by atoms with Gasteiger partial charge in [0.15, 0.2) is 0 Å². The summed E-state index contributed by atoms with van der Waals surface area (Å²) in [5.41, 5.74) is 1.05. The molecule has 0 unspecified atom stereocenters. The quantitative estimate of drug-likeness (QED) is 0.802. The Balaban J connectivity index is 2.12. The highest BCUT2D eigenvalue weighted by molar-refractivity contribution is 7.91. The molecule has 0 aliphatic heterocycles. The lowest BCUT2D eigenvalue weighted by Crippen LogP contribution is -2.33. The zero-order valence-corrected chi connectivity index (χ0v) is 14.1. The molecule has 4 nitrogen and oxygen atoms in total. The summed E-state index contributed by atoms with van der Waals surface area (Å²) in [6, 6.07) is 2.46. The van der Waals surface area contributed by atoms with Gasteiger partial charge in [-0.1, -0.05) is 20.8 Å². The summed E-state index contributed by atoms with van der Waals surface area (Å²) in [6.07, 6.45) is 2.88. The Bertz CT molecular complexity index is 533. The molecule has 1 aromatic rings. The highest BCUT2D eigenvalue weighted by Gasteiger charge is 2.38. The zero-order chi connectivity index (χ0) is 14.8. The summed E-state index contributed by atoms with van der Waals surface area (Å²) in [6.45, 7) is 7.54. The van der Waals surface area contributed by atoms with Gasteiger partial charge in [0.05, 0.1) is 0 Å². The molecule has 0 atom stereocenters. The van der Waals surface area contributed by atoms with E-state index >= 15 is 0 Å². The molecule has 114 valence electrons. The molecule has 0 bridgehead atoms. The van der Waals surface area contributed by atoms with Crippen molar-refractivity contribution in [2.24, 2.45) is 0 Å². The standard InChI is InChI=1S/C14H24N2O2S2/c1-4-7-16(13-5-6-13)20(17,18)14-8-12(10-19-14)9-15-11(2)3/h8,10-11,13,15H,4-7,9H2,1-3H3. The maximum absolute atomic E-state index is 12.7. The lowest BCUT2D eigenvalue weighted by molar-refractivity contribution is 0.404. The fraction of sp³-hybridized carbons (Fsp3) is 0.714. The maximum Gasteiger partial charge on any atom is 0.252 e. The van der Waals surface area contributed by atoms with Crippen LogP contribution < -0.4 is 5.32 Å². The highest BCUT2D eigenvalue weighted by Crippen LogP contribution is 2.34. The first-order chi connectivity index (χ1) is 9.45. The van der Waals surface area contributed by atoms with Gasteiger partial charge in [0.1, 0.15) is 4.21 Å². The first-order valence-corrected chi connectivity index (χ1v) is 9.59. The van der Waals surface area contributed by atoms with E-state index in [2.05, 4.69) is 19.2 Å². The average molecular weight is 316 g/mol. The van der Waals surface area contributed by atoms with Gasteiger partial charge in [-0.25, -0.2) is 8.42 Å². The third kappa shape index (κ3) is 3.81. The van der Waals surface area contributed by atoms with E-state index in [9.17, 15) is 8.42 Å². The normalized spacial score (nSPS) is 16.2. The molecule has 6 heteroatoms. The van der Waals surface area contributed by atoms with E-state index in [1.807, 2.05) is 18.4 Å². The summed E-state index contributed by atoms with van der Waals surface area (Å²) in [7, 11) is -3.29. The van der Waals surface area contributed by atoms with Gasteiger partial charge in [0, 0.05) is 25.2 Å². The Hall–Kier alpha value is -0.430. The van der Waals surface area contributed by atoms with Gasteiger partial charge < -0.3 is 5.32 Å². The van der Waals surface area contributed by atoms with Gasteiger partial charge in [-0.05, 0) is 36.3 Å². The Morgan fingerprint density at radius 1 is 1.45 bits per heavy atom. The number of hydrogen-bond donors (Lipinski definition) is 1. The number of sulfonamides is 1. The molecule has 0 radical (unpaired) electrons. The van der Waals surface area contributed by atoms with Crippen LogP contribution in [-0.2, 0) is 16.6 Å². The minimum absolute atomic E-state index is 0.235. The molecule has 0 saturated heterocycles. The molecule has 1 aliphatic rings. The third-order valence-electron chi connectivity index (χ3n) is 3.31. The molecule has 0 amide bonds. The van der Waals surface area contributed by atoms with Crippen molar-refractivity contribution in [1.29, 1.82) is 0 Å². The van der Waals surface area contributed by atoms with Crippen LogP contribution in [0.15, 0.2) is 15.7 Å². The molecule has 0 spiro atoms. The second kappa shape index (κ2) is 6.56. The summed E-state index contributed by atoms with van der Waals surface area (Å²) >= 11 is 1.34. The smallest absolute Gasteiger partial charge is 0.252 e. The van der Waals surface area contributed by atoms with Crippen LogP contribution in [0, 0.1) is 0 Å². The summed E-state index contributed by atoms with van der Waals surface area (Å²) < 4.78 is 27.5. The van der Waals surface area contributed by atoms with E-state index in [0.29, 0.717) is 16.8 Å². The molecule has 20 heavy (non-hydrogen) atoms. The fourth-order valence-corrected chi connectivity index (χ4v) is 5.21. The minimum atomic E-state index is -3.29. The molecule has 1 saturated carbocycles. The fourth-order valence-electron chi connectivity index (χ4n) is 2.10. The molecule has 1 aliphatic carbocycles. The van der Waals surface area contributed by atoms with Crippen molar-refractivity contribution in [3.8, 4) is 0 Å². The number of nitrogens with one attached hydrogen (secondary N) is 1. The first kappa shape index (κ1) is 15.9. The minimum Gasteiger partial charge on any atom is -0.310 e. The number of thiophene rings is 1. The van der Waals surface area contributed by atoms with Gasteiger partial charge >= 0.3 is 0 Å². The zero-order valence-electron chi connectivity index (χ0n) is 12.4. The Labute approximate surface area is 126 Å². The molecule has 1 fully saturated rings. The number of hydrogen-bond acceptors (Lipinski definition) is 4. The van der Waals surface area contributed by atoms with Crippen molar-refractivity contribution in [2.45, 2.75) is 62.9 Å². The van der Waals surface area contributed by atoms with Crippen molar-refractivity contribution in [3.63, 3.8) is 0 Å². The van der Waals surface area contributed by atoms with Crippen molar-refractivity contribution >= 4 is 21.4 Å². The van der Waals surface area contributed by atoms with Crippen LogP contribution in [0.25, 0.3) is 0 Å². The van der Waals surface area contributed by atoms with E-state index in [1.165, 1.54) is 11.3 Å². The van der Waals surface area contributed by atoms with Crippen molar-refractivity contribution < 1.29 is 8.42 Å². The van der Waals surface area contributed by atoms with E-state index in [0.717, 1.165) is 31.4 Å². The lowest BCUT2D eigenvalue weighted by atomic mass is 10.3. The lowest BCUT2D eigenvalue weighted by Gasteiger charge is -2.20. The molecular formula is C14H24N2O2S2. The van der Waals surface area contributed by atoms with Gasteiger partial charge in [-0.2, -0.15) is 4.31 Å². The van der Waals surface area contributed by atoms with Gasteiger partial charge in [0.25, 0.3) is 10.0 Å². The van der Waals surface area contributed by atoms with Crippen molar-refractivity contribution in [1.82, 2.24) is 9.62 Å². The summed E-state index contributed by atoms with van der Waals surface area (Å²) in [5, 5.41) is 5.26. The molecule has 0 aromatic carbocycles. The third-order valence-corrected chi connectivity index (χ3v) is 6.72. The van der Waals surface area contributed by atoms with Crippen molar-refractivity contribution in [2.75, 3.05) is 6.54 Å². The Morgan fingerprint density at radius 2 is 2.15 bits per heavy atom. The van der Waals surface area contributed by atoms with Crippen LogP contribution in [-0.4, -0.2) is 31.4 Å². The highest BCUT2D eigenvalue weighted by atomic mass is 32.2. The second-order valence-electron chi connectivity index (χ2n) is 5.66. The largest absolute Gasteiger partial charge is 0.310 e. The maximum atomic E-state index is 12.7. The van der Waals surface area contributed by atoms with Crippen LogP contribution in [0.1, 0.15) is 45.6 Å². The van der Waals surface area contributed by atoms with Gasteiger partial charge in [-0.3, -0.25) is 0 Å². The van der Waals surface area contributed by atoms with E-state index in [4.69, 9.17) is 0 Å². The molecule has 1 heterocycles. The second-order valence-corrected chi connectivity index (χ2v) is 8.69. The van der Waals surface area contributed by atoms with Gasteiger partial charge in [0.2, 0.25) is 0 Å². The van der Waals surface area contributed by atoms with Crippen LogP contribution in [0.4, 0.5) is 0 Å².